The highest BCUT2D eigenvalue weighted by atomic mass is 32.1. The van der Waals surface area contributed by atoms with E-state index in [1.165, 1.54) is 28.7 Å². The molecule has 6 nitrogen and oxygen atoms in total. The van der Waals surface area contributed by atoms with Crippen LogP contribution in [0, 0.1) is 11.7 Å². The summed E-state index contributed by atoms with van der Waals surface area (Å²) in [7, 11) is 0. The number of carbonyl (C=O) groups excluding carboxylic acids is 2. The molecular weight excluding hydrogens is 343 g/mol. The number of para-hydroxylation sites is 1. The number of nitrogens with zero attached hydrogens (tertiary/aromatic N) is 3. The Morgan fingerprint density at radius 1 is 1.28 bits per heavy atom. The van der Waals surface area contributed by atoms with Crippen LogP contribution in [0.15, 0.2) is 24.3 Å². The monoisotopic (exact) mass is 360 g/mol. The summed E-state index contributed by atoms with van der Waals surface area (Å²) in [4.78, 5) is 26.0. The first kappa shape index (κ1) is 16.1. The van der Waals surface area contributed by atoms with Gasteiger partial charge in [0.25, 0.3) is 0 Å². The minimum absolute atomic E-state index is 0.0639. The van der Waals surface area contributed by atoms with E-state index in [4.69, 9.17) is 0 Å². The topological polar surface area (TPSA) is 75.2 Å². The molecule has 8 heteroatoms. The molecule has 25 heavy (non-hydrogen) atoms. The molecular formula is C17H17FN4O2S. The van der Waals surface area contributed by atoms with Crippen molar-refractivity contribution >= 4 is 34.0 Å². The molecule has 1 aromatic heterocycles. The van der Waals surface area contributed by atoms with E-state index in [2.05, 4.69) is 15.5 Å². The zero-order valence-electron chi connectivity index (χ0n) is 13.4. The largest absolute Gasteiger partial charge is 0.309 e. The van der Waals surface area contributed by atoms with Crippen LogP contribution in [0.2, 0.25) is 0 Å². The molecule has 1 unspecified atom stereocenters. The summed E-state index contributed by atoms with van der Waals surface area (Å²) in [6, 6.07) is 6.09. The zero-order valence-corrected chi connectivity index (χ0v) is 14.3. The van der Waals surface area contributed by atoms with E-state index in [0.29, 0.717) is 11.0 Å². The standard InChI is InChI=1S/C17H17FN4O2S/c18-12-6-1-2-7-13(12)22-9-11(8-14(22)23)15(24)19-17-21-20-16(25-17)10-4-3-5-10/h1-2,6-7,10-11H,3-5,8-9H2,(H,19,21,24). The third-order valence-electron chi connectivity index (χ3n) is 4.76. The second-order valence-corrected chi connectivity index (χ2v) is 7.43. The van der Waals surface area contributed by atoms with Crippen molar-refractivity contribution in [1.82, 2.24) is 10.2 Å². The molecule has 1 saturated heterocycles. The average molecular weight is 360 g/mol. The Bertz CT molecular complexity index is 820. The van der Waals surface area contributed by atoms with E-state index < -0.39 is 11.7 Å². The first-order valence-electron chi connectivity index (χ1n) is 8.31. The highest BCUT2D eigenvalue weighted by Gasteiger charge is 2.36. The Hall–Kier alpha value is -2.35. The molecule has 0 radical (unpaired) electrons. The molecule has 1 saturated carbocycles. The van der Waals surface area contributed by atoms with Crippen molar-refractivity contribution in [3.8, 4) is 0 Å². The molecule has 1 aliphatic carbocycles. The van der Waals surface area contributed by atoms with Gasteiger partial charge in [0, 0.05) is 18.9 Å². The quantitative estimate of drug-likeness (QED) is 0.910. The number of aromatic nitrogens is 2. The van der Waals surface area contributed by atoms with Crippen LogP contribution in [-0.4, -0.2) is 28.6 Å². The minimum Gasteiger partial charge on any atom is -0.309 e. The van der Waals surface area contributed by atoms with Gasteiger partial charge in [-0.25, -0.2) is 4.39 Å². The van der Waals surface area contributed by atoms with E-state index in [1.807, 2.05) is 0 Å². The molecule has 1 atom stereocenters. The lowest BCUT2D eigenvalue weighted by atomic mass is 9.86. The third kappa shape index (κ3) is 3.13. The van der Waals surface area contributed by atoms with Crippen LogP contribution in [0.25, 0.3) is 0 Å². The van der Waals surface area contributed by atoms with Crippen molar-refractivity contribution in [2.75, 3.05) is 16.8 Å². The van der Waals surface area contributed by atoms with Gasteiger partial charge in [-0.2, -0.15) is 0 Å². The van der Waals surface area contributed by atoms with Crippen molar-refractivity contribution in [1.29, 1.82) is 0 Å². The van der Waals surface area contributed by atoms with E-state index >= 15 is 0 Å². The Morgan fingerprint density at radius 3 is 2.80 bits per heavy atom. The van der Waals surface area contributed by atoms with Crippen LogP contribution in [0.4, 0.5) is 15.2 Å². The number of hydrogen-bond donors (Lipinski definition) is 1. The summed E-state index contributed by atoms with van der Waals surface area (Å²) in [5, 5.41) is 12.3. The van der Waals surface area contributed by atoms with Gasteiger partial charge in [0.2, 0.25) is 16.9 Å². The maximum atomic E-state index is 13.9. The van der Waals surface area contributed by atoms with Gasteiger partial charge in [-0.15, -0.1) is 10.2 Å². The van der Waals surface area contributed by atoms with Crippen LogP contribution in [0.1, 0.15) is 36.6 Å². The highest BCUT2D eigenvalue weighted by molar-refractivity contribution is 7.15. The van der Waals surface area contributed by atoms with Crippen LogP contribution in [0.3, 0.4) is 0 Å². The normalized spacial score (nSPS) is 20.6. The average Bonchev–Trinajstić information content (AvgIpc) is 3.13. The van der Waals surface area contributed by atoms with Crippen molar-refractivity contribution in [2.45, 2.75) is 31.6 Å². The van der Waals surface area contributed by atoms with Gasteiger partial charge in [-0.3, -0.25) is 9.59 Å². The number of halogens is 1. The number of nitrogens with one attached hydrogen (secondary N) is 1. The number of amides is 2. The molecule has 130 valence electrons. The van der Waals surface area contributed by atoms with Crippen molar-refractivity contribution in [3.63, 3.8) is 0 Å². The maximum absolute atomic E-state index is 13.9. The van der Waals surface area contributed by atoms with Crippen LogP contribution < -0.4 is 10.2 Å². The lowest BCUT2D eigenvalue weighted by molar-refractivity contribution is -0.122. The van der Waals surface area contributed by atoms with E-state index in [9.17, 15) is 14.0 Å². The van der Waals surface area contributed by atoms with Gasteiger partial charge in [0.05, 0.1) is 11.6 Å². The van der Waals surface area contributed by atoms with E-state index in [1.54, 1.807) is 18.2 Å². The molecule has 1 aliphatic heterocycles. The first-order chi connectivity index (χ1) is 12.1. The van der Waals surface area contributed by atoms with Gasteiger partial charge in [0.1, 0.15) is 10.8 Å². The fourth-order valence-electron chi connectivity index (χ4n) is 3.10. The fourth-order valence-corrected chi connectivity index (χ4v) is 4.01. The molecule has 2 aromatic rings. The fraction of sp³-hybridized carbons (Fsp3) is 0.412. The number of carbonyl (C=O) groups is 2. The zero-order chi connectivity index (χ0) is 17.4. The summed E-state index contributed by atoms with van der Waals surface area (Å²) in [6.07, 6.45) is 3.52. The molecule has 2 aliphatic rings. The Morgan fingerprint density at radius 2 is 2.08 bits per heavy atom. The first-order valence-corrected chi connectivity index (χ1v) is 9.12. The summed E-state index contributed by atoms with van der Waals surface area (Å²) in [5.41, 5.74) is 0.214. The Balaban J connectivity index is 1.42. The Kier molecular flexibility index (Phi) is 4.20. The van der Waals surface area contributed by atoms with Crippen LogP contribution in [-0.2, 0) is 9.59 Å². The number of hydrogen-bond acceptors (Lipinski definition) is 5. The van der Waals surface area contributed by atoms with Crippen molar-refractivity contribution in [2.24, 2.45) is 5.92 Å². The molecule has 0 bridgehead atoms. The molecule has 1 aromatic carbocycles. The third-order valence-corrected chi connectivity index (χ3v) is 5.77. The number of benzene rings is 1. The predicted molar refractivity (Wildman–Crippen MR) is 92.0 cm³/mol. The van der Waals surface area contributed by atoms with Crippen molar-refractivity contribution < 1.29 is 14.0 Å². The maximum Gasteiger partial charge on any atom is 0.231 e. The molecule has 4 rings (SSSR count). The summed E-state index contributed by atoms with van der Waals surface area (Å²) < 4.78 is 13.9. The molecule has 0 spiro atoms. The van der Waals surface area contributed by atoms with Gasteiger partial charge in [0.15, 0.2) is 0 Å². The molecule has 2 amide bonds. The van der Waals surface area contributed by atoms with E-state index in [-0.39, 0.29) is 30.5 Å². The predicted octanol–water partition coefficient (Wildman–Crippen LogP) is 2.94. The second-order valence-electron chi connectivity index (χ2n) is 6.42. The highest BCUT2D eigenvalue weighted by Crippen LogP contribution is 2.38. The summed E-state index contributed by atoms with van der Waals surface area (Å²) in [5.74, 6) is -1.05. The smallest absolute Gasteiger partial charge is 0.231 e. The molecule has 1 N–H and O–H groups in total. The van der Waals surface area contributed by atoms with Crippen LogP contribution >= 0.6 is 11.3 Å². The lowest BCUT2D eigenvalue weighted by Crippen LogP contribution is -2.28. The molecule has 2 heterocycles. The lowest BCUT2D eigenvalue weighted by Gasteiger charge is -2.21. The van der Waals surface area contributed by atoms with Crippen molar-refractivity contribution in [3.05, 3.63) is 35.1 Å². The SMILES string of the molecule is O=C(Nc1nnc(C2CCC2)s1)C1CC(=O)N(c2ccccc2F)C1. The minimum atomic E-state index is -0.525. The second kappa shape index (κ2) is 6.51. The van der Waals surface area contributed by atoms with Gasteiger partial charge >= 0.3 is 0 Å². The summed E-state index contributed by atoms with van der Waals surface area (Å²) >= 11 is 1.39. The van der Waals surface area contributed by atoms with E-state index in [0.717, 1.165) is 17.8 Å². The number of rotatable bonds is 4. The van der Waals surface area contributed by atoms with Gasteiger partial charge in [-0.1, -0.05) is 29.9 Å². The number of anilines is 2. The van der Waals surface area contributed by atoms with Gasteiger partial charge < -0.3 is 10.2 Å². The Labute approximate surface area is 148 Å². The summed E-state index contributed by atoms with van der Waals surface area (Å²) in [6.45, 7) is 0.167. The molecule has 2 fully saturated rings. The van der Waals surface area contributed by atoms with Gasteiger partial charge in [-0.05, 0) is 25.0 Å². The van der Waals surface area contributed by atoms with Crippen LogP contribution in [0.5, 0.6) is 0 Å².